The van der Waals surface area contributed by atoms with Gasteiger partial charge in [0.25, 0.3) is 5.91 Å². The van der Waals surface area contributed by atoms with Gasteiger partial charge in [0.15, 0.2) is 0 Å². The van der Waals surface area contributed by atoms with Crippen LogP contribution in [0.4, 0.5) is 0 Å². The van der Waals surface area contributed by atoms with Crippen LogP contribution in [0.25, 0.3) is 0 Å². The summed E-state index contributed by atoms with van der Waals surface area (Å²) in [5, 5.41) is 7.47. The second-order valence-electron chi connectivity index (χ2n) is 8.27. The molecule has 1 aromatic rings. The van der Waals surface area contributed by atoms with Crippen LogP contribution in [0.15, 0.2) is 24.3 Å². The van der Waals surface area contributed by atoms with Gasteiger partial charge < -0.3 is 15.4 Å². The summed E-state index contributed by atoms with van der Waals surface area (Å²) < 4.78 is 5.09. The standard InChI is InChI=1S/C22H31N3O3/c1-2-28-19(26)14-16-8-11-22(12-9-16)10-3-13-25(15-22)21(27)18-6-4-17(5-7-18)20(23)24/h4-7,16H,2-3,8-15H2,1H3,(H3,23,24). The minimum absolute atomic E-state index is 0.00972. The van der Waals surface area contributed by atoms with E-state index in [9.17, 15) is 9.59 Å². The van der Waals surface area contributed by atoms with Crippen LogP contribution in [0.3, 0.4) is 0 Å². The van der Waals surface area contributed by atoms with Crippen LogP contribution in [0.1, 0.15) is 67.8 Å². The van der Waals surface area contributed by atoms with Gasteiger partial charge in [0.1, 0.15) is 5.84 Å². The summed E-state index contributed by atoms with van der Waals surface area (Å²) in [7, 11) is 0. The number of carbonyl (C=O) groups is 2. The number of hydrogen-bond acceptors (Lipinski definition) is 4. The van der Waals surface area contributed by atoms with Crippen molar-refractivity contribution >= 4 is 17.7 Å². The average Bonchev–Trinajstić information content (AvgIpc) is 2.70. The summed E-state index contributed by atoms with van der Waals surface area (Å²) >= 11 is 0. The molecule has 6 heteroatoms. The largest absolute Gasteiger partial charge is 0.466 e. The zero-order valence-electron chi connectivity index (χ0n) is 16.7. The smallest absolute Gasteiger partial charge is 0.306 e. The molecule has 3 rings (SSSR count). The summed E-state index contributed by atoms with van der Waals surface area (Å²) in [6.07, 6.45) is 6.93. The Labute approximate surface area is 166 Å². The van der Waals surface area contributed by atoms with Crippen LogP contribution in [0, 0.1) is 16.7 Å². The van der Waals surface area contributed by atoms with Gasteiger partial charge in [-0.25, -0.2) is 0 Å². The van der Waals surface area contributed by atoms with E-state index in [2.05, 4.69) is 0 Å². The van der Waals surface area contributed by atoms with Crippen molar-refractivity contribution in [3.63, 3.8) is 0 Å². The molecule has 1 amide bonds. The van der Waals surface area contributed by atoms with Crippen molar-refractivity contribution in [2.45, 2.75) is 51.9 Å². The highest BCUT2D eigenvalue weighted by Gasteiger charge is 2.40. The topological polar surface area (TPSA) is 96.5 Å². The third-order valence-electron chi connectivity index (χ3n) is 6.32. The molecule has 1 aromatic carbocycles. The molecule has 1 heterocycles. The highest BCUT2D eigenvalue weighted by molar-refractivity contribution is 5.98. The normalized spacial score (nSPS) is 24.8. The number of amides is 1. The highest BCUT2D eigenvalue weighted by atomic mass is 16.5. The first kappa shape index (κ1) is 20.4. The SMILES string of the molecule is CCOC(=O)CC1CCC2(CCCN(C(=O)c3ccc(C(=N)N)cc3)C2)CC1. The van der Waals surface area contributed by atoms with Crippen molar-refractivity contribution in [2.24, 2.45) is 17.1 Å². The molecule has 0 radical (unpaired) electrons. The first-order chi connectivity index (χ1) is 13.4. The van der Waals surface area contributed by atoms with Gasteiger partial charge in [-0.05, 0) is 68.9 Å². The fourth-order valence-corrected chi connectivity index (χ4v) is 4.71. The number of carbonyl (C=O) groups excluding carboxylic acids is 2. The van der Waals surface area contributed by atoms with Crippen LogP contribution in [-0.4, -0.2) is 42.3 Å². The van der Waals surface area contributed by atoms with Gasteiger partial charge >= 0.3 is 5.97 Å². The van der Waals surface area contributed by atoms with E-state index in [0.717, 1.165) is 51.6 Å². The molecule has 2 aliphatic rings. The number of esters is 1. The Kier molecular flexibility index (Phi) is 6.37. The third kappa shape index (κ3) is 4.72. The number of nitrogens with zero attached hydrogens (tertiary/aromatic N) is 1. The van der Waals surface area contributed by atoms with Gasteiger partial charge in [0.2, 0.25) is 0 Å². The Bertz CT molecular complexity index is 721. The highest BCUT2D eigenvalue weighted by Crippen LogP contribution is 2.46. The number of benzene rings is 1. The van der Waals surface area contributed by atoms with E-state index in [1.807, 2.05) is 11.8 Å². The Morgan fingerprint density at radius 3 is 2.43 bits per heavy atom. The maximum atomic E-state index is 13.0. The molecular weight excluding hydrogens is 354 g/mol. The van der Waals surface area contributed by atoms with Gasteiger partial charge in [-0.3, -0.25) is 15.0 Å². The van der Waals surface area contributed by atoms with Crippen LogP contribution >= 0.6 is 0 Å². The van der Waals surface area contributed by atoms with E-state index >= 15 is 0 Å². The molecule has 6 nitrogen and oxygen atoms in total. The molecule has 0 atom stereocenters. The van der Waals surface area contributed by atoms with Crippen LogP contribution < -0.4 is 5.73 Å². The summed E-state index contributed by atoms with van der Waals surface area (Å²) in [6.45, 7) is 3.88. The predicted molar refractivity (Wildman–Crippen MR) is 108 cm³/mol. The van der Waals surface area contributed by atoms with Crippen molar-refractivity contribution in [3.05, 3.63) is 35.4 Å². The van der Waals surface area contributed by atoms with Gasteiger partial charge in [-0.15, -0.1) is 0 Å². The van der Waals surface area contributed by atoms with Crippen LogP contribution in [0.2, 0.25) is 0 Å². The first-order valence-corrected chi connectivity index (χ1v) is 10.3. The van der Waals surface area contributed by atoms with E-state index in [0.29, 0.717) is 30.1 Å². The van der Waals surface area contributed by atoms with E-state index < -0.39 is 0 Å². The van der Waals surface area contributed by atoms with Crippen molar-refractivity contribution < 1.29 is 14.3 Å². The Morgan fingerprint density at radius 2 is 1.82 bits per heavy atom. The van der Waals surface area contributed by atoms with Gasteiger partial charge in [0.05, 0.1) is 6.61 Å². The predicted octanol–water partition coefficient (Wildman–Crippen LogP) is 3.34. The number of piperidine rings is 1. The molecule has 0 aromatic heterocycles. The Hall–Kier alpha value is -2.37. The lowest BCUT2D eigenvalue weighted by Crippen LogP contribution is -2.47. The summed E-state index contributed by atoms with van der Waals surface area (Å²) in [6, 6.07) is 6.99. The lowest BCUT2D eigenvalue weighted by molar-refractivity contribution is -0.144. The van der Waals surface area contributed by atoms with E-state index in [4.69, 9.17) is 15.9 Å². The third-order valence-corrected chi connectivity index (χ3v) is 6.32. The number of nitrogen functional groups attached to an aromatic ring is 1. The zero-order valence-corrected chi connectivity index (χ0v) is 16.7. The molecule has 0 bridgehead atoms. The molecule has 28 heavy (non-hydrogen) atoms. The van der Waals surface area contributed by atoms with E-state index in [1.165, 1.54) is 0 Å². The minimum Gasteiger partial charge on any atom is -0.466 e. The maximum Gasteiger partial charge on any atom is 0.306 e. The molecule has 1 aliphatic heterocycles. The van der Waals surface area contributed by atoms with Crippen LogP contribution in [-0.2, 0) is 9.53 Å². The molecule has 1 spiro atoms. The summed E-state index contributed by atoms with van der Waals surface area (Å²) in [5.74, 6) is 0.395. The number of nitrogens with two attached hydrogens (primary N) is 1. The molecule has 0 unspecified atom stereocenters. The summed E-state index contributed by atoms with van der Waals surface area (Å²) in [4.78, 5) is 26.7. The molecule has 1 aliphatic carbocycles. The quantitative estimate of drug-likeness (QED) is 0.461. The van der Waals surface area contributed by atoms with Crippen molar-refractivity contribution in [2.75, 3.05) is 19.7 Å². The Morgan fingerprint density at radius 1 is 1.18 bits per heavy atom. The number of rotatable bonds is 5. The number of hydrogen-bond donors (Lipinski definition) is 2. The molecule has 152 valence electrons. The Balaban J connectivity index is 1.59. The molecule has 1 saturated heterocycles. The average molecular weight is 386 g/mol. The number of amidine groups is 1. The molecule has 1 saturated carbocycles. The van der Waals surface area contributed by atoms with Gasteiger partial charge in [-0.1, -0.05) is 12.1 Å². The second-order valence-corrected chi connectivity index (χ2v) is 8.27. The van der Waals surface area contributed by atoms with Gasteiger partial charge in [0, 0.05) is 30.6 Å². The van der Waals surface area contributed by atoms with Crippen molar-refractivity contribution in [1.82, 2.24) is 4.90 Å². The lowest BCUT2D eigenvalue weighted by Gasteiger charge is -2.46. The molecule has 2 fully saturated rings. The number of likely N-dealkylation sites (tertiary alicyclic amines) is 1. The number of nitrogens with one attached hydrogen (secondary N) is 1. The maximum absolute atomic E-state index is 13.0. The zero-order chi connectivity index (χ0) is 20.1. The fraction of sp³-hybridized carbons (Fsp3) is 0.591. The summed E-state index contributed by atoms with van der Waals surface area (Å²) in [5.41, 5.74) is 6.97. The monoisotopic (exact) mass is 385 g/mol. The first-order valence-electron chi connectivity index (χ1n) is 10.3. The van der Waals surface area contributed by atoms with Crippen LogP contribution in [0.5, 0.6) is 0 Å². The van der Waals surface area contributed by atoms with Gasteiger partial charge in [-0.2, -0.15) is 0 Å². The minimum atomic E-state index is -0.0853. The van der Waals surface area contributed by atoms with E-state index in [-0.39, 0.29) is 23.1 Å². The lowest BCUT2D eigenvalue weighted by atomic mass is 9.66. The van der Waals surface area contributed by atoms with E-state index in [1.54, 1.807) is 24.3 Å². The molecular formula is C22H31N3O3. The molecule has 3 N–H and O–H groups in total. The van der Waals surface area contributed by atoms with Crippen molar-refractivity contribution in [1.29, 1.82) is 5.41 Å². The second kappa shape index (κ2) is 8.76. The fourth-order valence-electron chi connectivity index (χ4n) is 4.71. The van der Waals surface area contributed by atoms with Crippen molar-refractivity contribution in [3.8, 4) is 0 Å². The number of ether oxygens (including phenoxy) is 1.